The van der Waals surface area contributed by atoms with Gasteiger partial charge in [-0.05, 0) is 46.5 Å². The van der Waals surface area contributed by atoms with Crippen molar-refractivity contribution in [2.75, 3.05) is 5.75 Å². The van der Waals surface area contributed by atoms with E-state index < -0.39 is 31.8 Å². The normalized spacial score (nSPS) is 17.6. The van der Waals surface area contributed by atoms with Gasteiger partial charge < -0.3 is 14.5 Å². The van der Waals surface area contributed by atoms with Crippen LogP contribution in [0.1, 0.15) is 54.8 Å². The van der Waals surface area contributed by atoms with E-state index in [9.17, 15) is 14.4 Å². The molecule has 0 radical (unpaired) electrons. The predicted octanol–water partition coefficient (Wildman–Crippen LogP) is 7.29. The summed E-state index contributed by atoms with van der Waals surface area (Å²) in [5.41, 5.74) is 4.74. The SMILES string of the molecule is CC(C)(C)[Si](C)(C)OCc1ccc(C2=C(C(=O)OC(c3ccccc3)c3ccccc3)N3C(=O)[C@@H](NC(=O)Cc4ccccc4)[C@H]3SC2)nc1. The Labute approximate surface area is 299 Å². The molecule has 10 heteroatoms. The number of pyridine rings is 1. The Balaban J connectivity index is 1.30. The fraction of sp³-hybridized carbons (Fsp3) is 0.300. The molecule has 1 N–H and O–H groups in total. The Kier molecular flexibility index (Phi) is 10.4. The molecule has 3 aromatic carbocycles. The molecule has 258 valence electrons. The zero-order chi connectivity index (χ0) is 35.5. The van der Waals surface area contributed by atoms with Gasteiger partial charge in [0.2, 0.25) is 5.91 Å². The van der Waals surface area contributed by atoms with Crippen LogP contribution in [0.4, 0.5) is 0 Å². The first-order valence-corrected chi connectivity index (χ1v) is 20.8. The highest BCUT2D eigenvalue weighted by molar-refractivity contribution is 8.00. The Morgan fingerprint density at radius 2 is 1.50 bits per heavy atom. The van der Waals surface area contributed by atoms with Crippen molar-refractivity contribution in [3.8, 4) is 0 Å². The fourth-order valence-electron chi connectivity index (χ4n) is 5.73. The fourth-order valence-corrected chi connectivity index (χ4v) is 8.04. The summed E-state index contributed by atoms with van der Waals surface area (Å²) >= 11 is 1.49. The summed E-state index contributed by atoms with van der Waals surface area (Å²) in [6.07, 6.45) is 1.23. The minimum atomic E-state index is -1.96. The molecule has 8 nitrogen and oxygen atoms in total. The average molecular weight is 706 g/mol. The van der Waals surface area contributed by atoms with Gasteiger partial charge in [-0.3, -0.25) is 19.5 Å². The van der Waals surface area contributed by atoms with Crippen LogP contribution in [0.3, 0.4) is 0 Å². The third-order valence-electron chi connectivity index (χ3n) is 9.65. The number of thioether (sulfide) groups is 1. The van der Waals surface area contributed by atoms with Gasteiger partial charge in [0.05, 0.1) is 18.7 Å². The molecule has 50 heavy (non-hydrogen) atoms. The van der Waals surface area contributed by atoms with Crippen LogP contribution in [-0.2, 0) is 36.6 Å². The average Bonchev–Trinajstić information content (AvgIpc) is 3.12. The minimum absolute atomic E-state index is 0.0797. The number of rotatable bonds is 11. The molecule has 2 atom stereocenters. The number of nitrogens with zero attached hydrogens (tertiary/aromatic N) is 2. The summed E-state index contributed by atoms with van der Waals surface area (Å²) in [6.45, 7) is 11.5. The number of β-lactam (4-membered cyclic amide) rings is 1. The van der Waals surface area contributed by atoms with E-state index in [-0.39, 0.29) is 29.0 Å². The molecule has 1 aromatic heterocycles. The maximum absolute atomic E-state index is 14.4. The lowest BCUT2D eigenvalue weighted by atomic mass is 9.99. The Morgan fingerprint density at radius 1 is 0.900 bits per heavy atom. The zero-order valence-corrected chi connectivity index (χ0v) is 30.9. The van der Waals surface area contributed by atoms with Gasteiger partial charge in [-0.15, -0.1) is 11.8 Å². The van der Waals surface area contributed by atoms with Crippen molar-refractivity contribution in [1.82, 2.24) is 15.2 Å². The molecule has 4 aromatic rings. The number of hydrogen-bond acceptors (Lipinski definition) is 7. The largest absolute Gasteiger partial charge is 0.448 e. The highest BCUT2D eigenvalue weighted by Crippen LogP contribution is 2.44. The molecule has 0 unspecified atom stereocenters. The van der Waals surface area contributed by atoms with E-state index in [1.807, 2.05) is 103 Å². The highest BCUT2D eigenvalue weighted by atomic mass is 32.2. The van der Waals surface area contributed by atoms with Gasteiger partial charge in [0.25, 0.3) is 5.91 Å². The van der Waals surface area contributed by atoms with E-state index >= 15 is 0 Å². The number of carbonyl (C=O) groups is 3. The maximum atomic E-state index is 14.4. The Morgan fingerprint density at radius 3 is 2.06 bits per heavy atom. The van der Waals surface area contributed by atoms with Gasteiger partial charge in [-0.25, -0.2) is 4.79 Å². The number of esters is 1. The number of amides is 2. The third kappa shape index (κ3) is 7.62. The van der Waals surface area contributed by atoms with E-state index in [4.69, 9.17) is 14.1 Å². The number of hydrogen-bond donors (Lipinski definition) is 1. The summed E-state index contributed by atoms with van der Waals surface area (Å²) in [6, 6.07) is 31.6. The molecule has 1 fully saturated rings. The second kappa shape index (κ2) is 14.8. The number of aromatic nitrogens is 1. The number of carbonyl (C=O) groups excluding carboxylic acids is 3. The maximum Gasteiger partial charge on any atom is 0.356 e. The van der Waals surface area contributed by atoms with Gasteiger partial charge in [0, 0.05) is 17.5 Å². The number of ether oxygens (including phenoxy) is 1. The van der Waals surface area contributed by atoms with Crippen LogP contribution in [0, 0.1) is 0 Å². The monoisotopic (exact) mass is 705 g/mol. The first-order valence-electron chi connectivity index (χ1n) is 16.8. The van der Waals surface area contributed by atoms with E-state index in [0.29, 0.717) is 23.6 Å². The quantitative estimate of drug-likeness (QED) is 0.0995. The molecule has 0 bridgehead atoms. The summed E-state index contributed by atoms with van der Waals surface area (Å²) < 4.78 is 12.7. The number of benzene rings is 3. The topological polar surface area (TPSA) is 97.8 Å². The van der Waals surface area contributed by atoms with Crippen LogP contribution >= 0.6 is 11.8 Å². The van der Waals surface area contributed by atoms with Crippen LogP contribution < -0.4 is 5.32 Å². The van der Waals surface area contributed by atoms with Crippen LogP contribution in [0.25, 0.3) is 5.57 Å². The van der Waals surface area contributed by atoms with Gasteiger partial charge in [-0.1, -0.05) is 118 Å². The molecular formula is C40H43N3O5SSi. The van der Waals surface area contributed by atoms with Gasteiger partial charge in [0.15, 0.2) is 14.4 Å². The van der Waals surface area contributed by atoms with Crippen molar-refractivity contribution >= 4 is 43.4 Å². The van der Waals surface area contributed by atoms with Gasteiger partial charge >= 0.3 is 5.97 Å². The van der Waals surface area contributed by atoms with E-state index in [2.05, 4.69) is 39.2 Å². The summed E-state index contributed by atoms with van der Waals surface area (Å²) in [7, 11) is -1.96. The first-order chi connectivity index (χ1) is 23.9. The second-order valence-electron chi connectivity index (χ2n) is 14.2. The highest BCUT2D eigenvalue weighted by Gasteiger charge is 2.55. The van der Waals surface area contributed by atoms with Crippen molar-refractivity contribution in [3.05, 3.63) is 143 Å². The second-order valence-corrected chi connectivity index (χ2v) is 20.1. The molecular weight excluding hydrogens is 663 g/mol. The van der Waals surface area contributed by atoms with Gasteiger partial charge in [-0.2, -0.15) is 0 Å². The molecule has 3 heterocycles. The summed E-state index contributed by atoms with van der Waals surface area (Å²) in [4.78, 5) is 47.5. The Bertz CT molecular complexity index is 1820. The number of fused-ring (bicyclic) bond motifs is 1. The molecule has 2 amide bonds. The lowest BCUT2D eigenvalue weighted by Crippen LogP contribution is -2.70. The number of nitrogens with one attached hydrogen (secondary N) is 1. The molecule has 6 rings (SSSR count). The summed E-state index contributed by atoms with van der Waals surface area (Å²) in [5, 5.41) is 2.53. The van der Waals surface area contributed by atoms with Crippen molar-refractivity contribution in [2.24, 2.45) is 0 Å². The first kappa shape index (κ1) is 35.3. The predicted molar refractivity (Wildman–Crippen MR) is 199 cm³/mol. The molecule has 2 aliphatic heterocycles. The van der Waals surface area contributed by atoms with E-state index in [0.717, 1.165) is 22.3 Å². The smallest absolute Gasteiger partial charge is 0.356 e. The molecule has 0 aliphatic carbocycles. The zero-order valence-electron chi connectivity index (χ0n) is 29.1. The van der Waals surface area contributed by atoms with Crippen molar-refractivity contribution < 1.29 is 23.5 Å². The van der Waals surface area contributed by atoms with Crippen molar-refractivity contribution in [3.63, 3.8) is 0 Å². The lowest BCUT2D eigenvalue weighted by molar-refractivity contribution is -0.154. The molecule has 0 saturated carbocycles. The van der Waals surface area contributed by atoms with E-state index in [1.54, 1.807) is 6.20 Å². The lowest BCUT2D eigenvalue weighted by Gasteiger charge is -2.49. The van der Waals surface area contributed by atoms with Crippen molar-refractivity contribution in [2.45, 2.75) is 69.5 Å². The van der Waals surface area contributed by atoms with Crippen molar-refractivity contribution in [1.29, 1.82) is 0 Å². The van der Waals surface area contributed by atoms with Crippen LogP contribution in [0.15, 0.2) is 115 Å². The molecule has 0 spiro atoms. The van der Waals surface area contributed by atoms with Crippen LogP contribution in [0.2, 0.25) is 18.1 Å². The molecule has 2 aliphatic rings. The van der Waals surface area contributed by atoms with Gasteiger partial charge in [0.1, 0.15) is 17.1 Å². The standard InChI is InChI=1S/C40H43N3O5SSi/c1-40(2,3)50(4,5)47-25-28-21-22-32(41-24-28)31-26-49-38-34(42-33(44)23-27-15-9-6-10-16-27)37(45)43(38)35(31)39(46)48-36(29-17-11-7-12-18-29)30-19-13-8-14-20-30/h6-22,24,34,36,38H,23,25-26H2,1-5H3,(H,42,44)/t34-,38-/m1/s1. The van der Waals surface area contributed by atoms with E-state index in [1.165, 1.54) is 16.7 Å². The summed E-state index contributed by atoms with van der Waals surface area (Å²) in [5.74, 6) is -0.835. The third-order valence-corrected chi connectivity index (χ3v) is 15.4. The van der Waals surface area contributed by atoms with Crippen LogP contribution in [-0.4, -0.2) is 53.2 Å². The van der Waals surface area contributed by atoms with Crippen LogP contribution in [0.5, 0.6) is 0 Å². The molecule has 1 saturated heterocycles. The Hall–Kier alpha value is -4.51. The minimum Gasteiger partial charge on any atom is -0.448 e.